The number of allylic oxidation sites excluding steroid dienone is 2. The van der Waals surface area contributed by atoms with E-state index in [-0.39, 0.29) is 11.4 Å². The van der Waals surface area contributed by atoms with Crippen molar-refractivity contribution in [1.82, 2.24) is 0 Å². The molecule has 2 nitrogen and oxygen atoms in total. The van der Waals surface area contributed by atoms with E-state index in [9.17, 15) is 4.79 Å². The molecule has 0 fully saturated rings. The van der Waals surface area contributed by atoms with Crippen LogP contribution in [0.1, 0.15) is 52.4 Å². The quantitative estimate of drug-likeness (QED) is 0.323. The van der Waals surface area contributed by atoms with E-state index < -0.39 is 0 Å². The lowest BCUT2D eigenvalue weighted by molar-refractivity contribution is -0.155. The second kappa shape index (κ2) is 9.03. The third-order valence-corrected chi connectivity index (χ3v) is 3.04. The Morgan fingerprint density at radius 3 is 2.00 bits per heavy atom. The summed E-state index contributed by atoms with van der Waals surface area (Å²) in [6.45, 7) is 11.7. The van der Waals surface area contributed by atoms with Crippen molar-refractivity contribution in [3.63, 3.8) is 0 Å². The Morgan fingerprint density at radius 1 is 1.18 bits per heavy atom. The minimum Gasteiger partial charge on any atom is -0.466 e. The maximum Gasteiger partial charge on any atom is 0.311 e. The van der Waals surface area contributed by atoms with Crippen LogP contribution in [0.5, 0.6) is 0 Å². The summed E-state index contributed by atoms with van der Waals surface area (Å²) in [5, 5.41) is 0. The molecule has 0 aliphatic heterocycles. The van der Waals surface area contributed by atoms with Crippen molar-refractivity contribution < 1.29 is 9.53 Å². The highest BCUT2D eigenvalue weighted by Crippen LogP contribution is 2.32. The van der Waals surface area contributed by atoms with Gasteiger partial charge in [-0.25, -0.2) is 0 Å². The fourth-order valence-electron chi connectivity index (χ4n) is 1.91. The van der Waals surface area contributed by atoms with Crippen LogP contribution < -0.4 is 0 Å². The highest BCUT2D eigenvalue weighted by Gasteiger charge is 2.33. The Balaban J connectivity index is 4.37. The van der Waals surface area contributed by atoms with E-state index in [1.807, 2.05) is 26.0 Å². The molecule has 0 heterocycles. The number of hydrogen-bond donors (Lipinski definition) is 0. The molecular formula is C15H26O2. The zero-order chi connectivity index (χ0) is 13.1. The molecule has 0 saturated heterocycles. The zero-order valence-corrected chi connectivity index (χ0v) is 11.3. The van der Waals surface area contributed by atoms with Crippen LogP contribution in [-0.4, -0.2) is 12.6 Å². The third-order valence-electron chi connectivity index (χ3n) is 3.04. The summed E-state index contributed by atoms with van der Waals surface area (Å²) in [6.07, 6.45) is 9.43. The van der Waals surface area contributed by atoms with E-state index in [4.69, 9.17) is 4.74 Å². The number of carbonyl (C=O) groups excluding carboxylic acids is 1. The van der Waals surface area contributed by atoms with E-state index in [1.165, 1.54) is 0 Å². The molecule has 0 N–H and O–H groups in total. The van der Waals surface area contributed by atoms with Crippen LogP contribution in [0.25, 0.3) is 0 Å². The zero-order valence-electron chi connectivity index (χ0n) is 11.3. The minimum absolute atomic E-state index is 0.0619. The number of esters is 1. The molecule has 98 valence electrons. The molecule has 0 aromatic carbocycles. The largest absolute Gasteiger partial charge is 0.466 e. The molecule has 0 atom stereocenters. The van der Waals surface area contributed by atoms with Gasteiger partial charge in [-0.05, 0) is 52.4 Å². The van der Waals surface area contributed by atoms with E-state index >= 15 is 0 Å². The van der Waals surface area contributed by atoms with Gasteiger partial charge < -0.3 is 4.74 Å². The molecule has 0 aromatic heterocycles. The molecular weight excluding hydrogens is 212 g/mol. The number of hydrogen-bond acceptors (Lipinski definition) is 2. The molecule has 0 spiro atoms. The van der Waals surface area contributed by atoms with Crippen LogP contribution in [0.4, 0.5) is 0 Å². The molecule has 0 aliphatic rings. The van der Waals surface area contributed by atoms with Gasteiger partial charge in [-0.1, -0.05) is 12.2 Å². The predicted molar refractivity (Wildman–Crippen MR) is 72.8 cm³/mol. The number of unbranched alkanes of at least 4 members (excludes halogenated alkanes) is 2. The average Bonchev–Trinajstić information content (AvgIpc) is 2.30. The van der Waals surface area contributed by atoms with Gasteiger partial charge in [0.2, 0.25) is 0 Å². The average molecular weight is 238 g/mol. The van der Waals surface area contributed by atoms with E-state index in [0.29, 0.717) is 6.61 Å². The fourth-order valence-corrected chi connectivity index (χ4v) is 1.91. The third kappa shape index (κ3) is 6.30. The number of ether oxygens (including phenoxy) is 1. The monoisotopic (exact) mass is 238 g/mol. The molecule has 17 heavy (non-hydrogen) atoms. The molecule has 0 unspecified atom stereocenters. The lowest BCUT2D eigenvalue weighted by atomic mass is 9.80. The maximum atomic E-state index is 12.0. The van der Waals surface area contributed by atoms with Crippen molar-refractivity contribution in [2.75, 3.05) is 6.61 Å². The Bertz CT molecular complexity index is 229. The van der Waals surface area contributed by atoms with E-state index in [2.05, 4.69) is 13.2 Å². The molecule has 0 bridgehead atoms. The second-order valence-electron chi connectivity index (χ2n) is 4.64. The van der Waals surface area contributed by atoms with Gasteiger partial charge in [0.1, 0.15) is 0 Å². The lowest BCUT2D eigenvalue weighted by Crippen LogP contribution is -2.30. The molecule has 0 radical (unpaired) electrons. The first-order valence-electron chi connectivity index (χ1n) is 6.49. The number of carbonyl (C=O) groups is 1. The Hall–Kier alpha value is -1.05. The predicted octanol–water partition coefficient (Wildman–Crippen LogP) is 4.27. The molecule has 0 rings (SSSR count). The summed E-state index contributed by atoms with van der Waals surface area (Å²) in [4.78, 5) is 12.0. The lowest BCUT2D eigenvalue weighted by Gasteiger charge is -2.27. The second-order valence-corrected chi connectivity index (χ2v) is 4.64. The standard InChI is InChI=1S/C15H26O2/c1-5-8-10-12-15(4,13-11-9-6-2)14(16)17-7-3/h5-6H,1-2,7-13H2,3-4H3. The van der Waals surface area contributed by atoms with E-state index in [1.54, 1.807) is 0 Å². The van der Waals surface area contributed by atoms with Gasteiger partial charge in [0.25, 0.3) is 0 Å². The van der Waals surface area contributed by atoms with Crippen molar-refractivity contribution in [2.45, 2.75) is 52.4 Å². The number of rotatable bonds is 10. The van der Waals surface area contributed by atoms with Crippen LogP contribution in [0.2, 0.25) is 0 Å². The molecule has 0 saturated carbocycles. The first-order chi connectivity index (χ1) is 8.10. The Labute approximate surface area is 106 Å². The molecule has 0 amide bonds. The SMILES string of the molecule is C=CCCCC(C)(CCCC=C)C(=O)OCC. The summed E-state index contributed by atoms with van der Waals surface area (Å²) < 4.78 is 5.18. The summed E-state index contributed by atoms with van der Waals surface area (Å²) >= 11 is 0. The summed E-state index contributed by atoms with van der Waals surface area (Å²) in [5.74, 6) is -0.0619. The van der Waals surface area contributed by atoms with E-state index in [0.717, 1.165) is 38.5 Å². The summed E-state index contributed by atoms with van der Waals surface area (Å²) in [6, 6.07) is 0. The van der Waals surface area contributed by atoms with Crippen LogP contribution in [0, 0.1) is 5.41 Å². The Morgan fingerprint density at radius 2 is 1.65 bits per heavy atom. The first kappa shape index (κ1) is 16.0. The van der Waals surface area contributed by atoms with Crippen LogP contribution in [-0.2, 0) is 9.53 Å². The van der Waals surface area contributed by atoms with Crippen molar-refractivity contribution in [3.05, 3.63) is 25.3 Å². The van der Waals surface area contributed by atoms with Gasteiger partial charge in [0, 0.05) is 0 Å². The first-order valence-corrected chi connectivity index (χ1v) is 6.49. The van der Waals surface area contributed by atoms with Crippen molar-refractivity contribution in [1.29, 1.82) is 0 Å². The smallest absolute Gasteiger partial charge is 0.311 e. The van der Waals surface area contributed by atoms with Crippen molar-refractivity contribution in [3.8, 4) is 0 Å². The fraction of sp³-hybridized carbons (Fsp3) is 0.667. The normalized spacial score (nSPS) is 10.9. The molecule has 2 heteroatoms. The van der Waals surface area contributed by atoms with Gasteiger partial charge in [-0.3, -0.25) is 4.79 Å². The molecule has 0 aliphatic carbocycles. The summed E-state index contributed by atoms with van der Waals surface area (Å²) in [5.41, 5.74) is -0.345. The van der Waals surface area contributed by atoms with Crippen LogP contribution in [0.15, 0.2) is 25.3 Å². The Kier molecular flexibility index (Phi) is 8.47. The van der Waals surface area contributed by atoms with Gasteiger partial charge in [0.15, 0.2) is 0 Å². The highest BCUT2D eigenvalue weighted by atomic mass is 16.5. The van der Waals surface area contributed by atoms with Crippen molar-refractivity contribution in [2.24, 2.45) is 5.41 Å². The van der Waals surface area contributed by atoms with Crippen LogP contribution >= 0.6 is 0 Å². The van der Waals surface area contributed by atoms with Gasteiger partial charge >= 0.3 is 5.97 Å². The summed E-state index contributed by atoms with van der Waals surface area (Å²) in [7, 11) is 0. The molecule has 0 aromatic rings. The van der Waals surface area contributed by atoms with Crippen molar-refractivity contribution >= 4 is 5.97 Å². The maximum absolute atomic E-state index is 12.0. The topological polar surface area (TPSA) is 26.3 Å². The van der Waals surface area contributed by atoms with Crippen LogP contribution in [0.3, 0.4) is 0 Å². The van der Waals surface area contributed by atoms with Gasteiger partial charge in [-0.15, -0.1) is 13.2 Å². The van der Waals surface area contributed by atoms with Gasteiger partial charge in [0.05, 0.1) is 12.0 Å². The minimum atomic E-state index is -0.345. The van der Waals surface area contributed by atoms with Gasteiger partial charge in [-0.2, -0.15) is 0 Å². The highest BCUT2D eigenvalue weighted by molar-refractivity contribution is 5.76.